The number of nitrogens with one attached hydrogen (secondary N) is 1. The van der Waals surface area contributed by atoms with Crippen molar-refractivity contribution in [2.45, 2.75) is 84.5 Å². The summed E-state index contributed by atoms with van der Waals surface area (Å²) in [4.78, 5) is 12.5. The minimum absolute atomic E-state index is 0.278. The van der Waals surface area contributed by atoms with E-state index in [9.17, 15) is 13.2 Å². The van der Waals surface area contributed by atoms with Crippen molar-refractivity contribution in [2.24, 2.45) is 5.10 Å². The molecule has 0 aromatic heterocycles. The molecular weight excluding hydrogens is 398 g/mol. The predicted octanol–water partition coefficient (Wildman–Crippen LogP) is 4.85. The normalized spacial score (nSPS) is 16.8. The maximum Gasteiger partial charge on any atom is 0.260 e. The Morgan fingerprint density at radius 3 is 2.00 bits per heavy atom. The molecule has 0 bridgehead atoms. The second-order valence-electron chi connectivity index (χ2n) is 8.45. The van der Waals surface area contributed by atoms with Crippen LogP contribution in [0.4, 0.5) is 5.69 Å². The zero-order chi connectivity index (χ0) is 22.0. The van der Waals surface area contributed by atoms with Crippen molar-refractivity contribution in [3.8, 4) is 0 Å². The standard InChI is InChI=1S/C23H37N3O3S/c1-19-15-16-22(20(2)17-19)26(30(3,28)29)18-23(27)25-24-21-13-11-9-7-5-4-6-8-10-12-14-21/h15-17H,4-14,18H2,1-3H3,(H,25,27). The van der Waals surface area contributed by atoms with E-state index in [1.807, 2.05) is 26.0 Å². The Balaban J connectivity index is 2.04. The van der Waals surface area contributed by atoms with Crippen molar-refractivity contribution in [1.82, 2.24) is 5.43 Å². The van der Waals surface area contributed by atoms with E-state index in [4.69, 9.17) is 0 Å². The summed E-state index contributed by atoms with van der Waals surface area (Å²) in [5.41, 5.74) is 6.01. The molecule has 1 saturated carbocycles. The smallest absolute Gasteiger partial charge is 0.260 e. The molecule has 6 nitrogen and oxygen atoms in total. The van der Waals surface area contributed by atoms with E-state index < -0.39 is 15.9 Å². The molecule has 168 valence electrons. The first-order valence-electron chi connectivity index (χ1n) is 11.2. The van der Waals surface area contributed by atoms with Gasteiger partial charge in [0.1, 0.15) is 6.54 Å². The second kappa shape index (κ2) is 12.1. The van der Waals surface area contributed by atoms with E-state index in [2.05, 4.69) is 10.5 Å². The van der Waals surface area contributed by atoms with Gasteiger partial charge < -0.3 is 0 Å². The van der Waals surface area contributed by atoms with Gasteiger partial charge in [-0.2, -0.15) is 5.10 Å². The van der Waals surface area contributed by atoms with Crippen LogP contribution in [0.5, 0.6) is 0 Å². The lowest BCUT2D eigenvalue weighted by Crippen LogP contribution is -2.39. The molecule has 2 rings (SSSR count). The molecule has 1 aromatic carbocycles. The molecule has 0 saturated heterocycles. The third-order valence-corrected chi connectivity index (χ3v) is 6.70. The first-order chi connectivity index (χ1) is 14.3. The molecule has 0 radical (unpaired) electrons. The van der Waals surface area contributed by atoms with Gasteiger partial charge in [0.05, 0.1) is 11.9 Å². The Morgan fingerprint density at radius 1 is 0.967 bits per heavy atom. The lowest BCUT2D eigenvalue weighted by molar-refractivity contribution is -0.119. The van der Waals surface area contributed by atoms with Crippen molar-refractivity contribution in [2.75, 3.05) is 17.1 Å². The van der Waals surface area contributed by atoms with Gasteiger partial charge in [0.25, 0.3) is 5.91 Å². The molecule has 0 atom stereocenters. The van der Waals surface area contributed by atoms with Gasteiger partial charge in [0.15, 0.2) is 0 Å². The first-order valence-corrected chi connectivity index (χ1v) is 13.0. The number of amides is 1. The topological polar surface area (TPSA) is 78.8 Å². The molecule has 1 N–H and O–H groups in total. The number of carbonyl (C=O) groups excluding carboxylic acids is 1. The number of hydrazone groups is 1. The van der Waals surface area contributed by atoms with Crippen LogP contribution in [0.15, 0.2) is 23.3 Å². The highest BCUT2D eigenvalue weighted by Crippen LogP contribution is 2.23. The minimum Gasteiger partial charge on any atom is -0.271 e. The summed E-state index contributed by atoms with van der Waals surface area (Å²) in [6, 6.07) is 5.51. The highest BCUT2D eigenvalue weighted by molar-refractivity contribution is 7.92. The van der Waals surface area contributed by atoms with Crippen LogP contribution in [0.3, 0.4) is 0 Å². The van der Waals surface area contributed by atoms with Crippen molar-refractivity contribution < 1.29 is 13.2 Å². The highest BCUT2D eigenvalue weighted by atomic mass is 32.2. The Bertz CT molecular complexity index is 820. The molecule has 0 spiro atoms. The zero-order valence-electron chi connectivity index (χ0n) is 18.7. The zero-order valence-corrected chi connectivity index (χ0v) is 19.6. The lowest BCUT2D eigenvalue weighted by atomic mass is 10.00. The molecule has 0 aliphatic heterocycles. The molecule has 1 fully saturated rings. The van der Waals surface area contributed by atoms with Crippen LogP contribution in [0.1, 0.15) is 81.8 Å². The Hall–Kier alpha value is -1.89. The van der Waals surface area contributed by atoms with Gasteiger partial charge in [-0.3, -0.25) is 9.10 Å². The number of anilines is 1. The summed E-state index contributed by atoms with van der Waals surface area (Å²) < 4.78 is 25.8. The maximum absolute atomic E-state index is 12.5. The first kappa shape index (κ1) is 24.4. The highest BCUT2D eigenvalue weighted by Gasteiger charge is 2.22. The molecule has 7 heteroatoms. The molecule has 1 aliphatic carbocycles. The monoisotopic (exact) mass is 435 g/mol. The van der Waals surface area contributed by atoms with Crippen molar-refractivity contribution in [3.05, 3.63) is 29.3 Å². The number of carbonyl (C=O) groups is 1. The van der Waals surface area contributed by atoms with E-state index in [1.54, 1.807) is 6.07 Å². The Labute approximate surface area is 182 Å². The SMILES string of the molecule is Cc1ccc(N(CC(=O)NN=C2CCCCCCCCCCC2)S(C)(=O)=O)c(C)c1. The fourth-order valence-electron chi connectivity index (χ4n) is 3.91. The fraction of sp³-hybridized carbons (Fsp3) is 0.652. The van der Waals surface area contributed by atoms with E-state index >= 15 is 0 Å². The number of sulfonamides is 1. The summed E-state index contributed by atoms with van der Waals surface area (Å²) in [6.45, 7) is 3.52. The van der Waals surface area contributed by atoms with Gasteiger partial charge in [-0.1, -0.05) is 62.6 Å². The third kappa shape index (κ3) is 8.46. The van der Waals surface area contributed by atoms with Gasteiger partial charge >= 0.3 is 0 Å². The maximum atomic E-state index is 12.5. The summed E-state index contributed by atoms with van der Waals surface area (Å²) in [6.07, 6.45) is 14.0. The molecule has 30 heavy (non-hydrogen) atoms. The van der Waals surface area contributed by atoms with E-state index in [-0.39, 0.29) is 6.54 Å². The number of nitrogens with zero attached hydrogens (tertiary/aromatic N) is 2. The van der Waals surface area contributed by atoms with Crippen molar-refractivity contribution >= 4 is 27.3 Å². The van der Waals surface area contributed by atoms with Gasteiger partial charge in [-0.25, -0.2) is 13.8 Å². The number of benzene rings is 1. The number of hydrogen-bond donors (Lipinski definition) is 1. The van der Waals surface area contributed by atoms with Crippen LogP contribution in [-0.2, 0) is 14.8 Å². The van der Waals surface area contributed by atoms with E-state index in [0.717, 1.165) is 53.1 Å². The van der Waals surface area contributed by atoms with Crippen LogP contribution >= 0.6 is 0 Å². The average Bonchev–Trinajstić information content (AvgIpc) is 2.65. The third-order valence-electron chi connectivity index (χ3n) is 5.58. The Kier molecular flexibility index (Phi) is 9.82. The Morgan fingerprint density at radius 2 is 1.50 bits per heavy atom. The molecule has 1 amide bonds. The van der Waals surface area contributed by atoms with Crippen LogP contribution in [0, 0.1) is 13.8 Å². The van der Waals surface area contributed by atoms with Gasteiger partial charge in [-0.05, 0) is 51.2 Å². The largest absolute Gasteiger partial charge is 0.271 e. The van der Waals surface area contributed by atoms with Crippen LogP contribution < -0.4 is 9.73 Å². The summed E-state index contributed by atoms with van der Waals surface area (Å²) >= 11 is 0. The summed E-state index contributed by atoms with van der Waals surface area (Å²) in [5, 5.41) is 4.37. The van der Waals surface area contributed by atoms with Gasteiger partial charge in [0.2, 0.25) is 10.0 Å². The second-order valence-corrected chi connectivity index (χ2v) is 10.4. The molecule has 0 unspecified atom stereocenters. The summed E-state index contributed by atoms with van der Waals surface area (Å²) in [7, 11) is -3.59. The van der Waals surface area contributed by atoms with E-state index in [0.29, 0.717) is 5.69 Å². The quantitative estimate of drug-likeness (QED) is 0.672. The molecule has 1 aliphatic rings. The van der Waals surface area contributed by atoms with Gasteiger partial charge in [-0.15, -0.1) is 0 Å². The summed E-state index contributed by atoms with van der Waals surface area (Å²) in [5.74, 6) is -0.418. The molecular formula is C23H37N3O3S. The fourth-order valence-corrected chi connectivity index (χ4v) is 4.82. The van der Waals surface area contributed by atoms with Gasteiger partial charge in [0, 0.05) is 5.71 Å². The number of rotatable bonds is 5. The van der Waals surface area contributed by atoms with Crippen LogP contribution in [0.2, 0.25) is 0 Å². The predicted molar refractivity (Wildman–Crippen MR) is 124 cm³/mol. The lowest BCUT2D eigenvalue weighted by Gasteiger charge is -2.23. The van der Waals surface area contributed by atoms with Crippen molar-refractivity contribution in [3.63, 3.8) is 0 Å². The van der Waals surface area contributed by atoms with Crippen molar-refractivity contribution in [1.29, 1.82) is 0 Å². The average molecular weight is 436 g/mol. The molecule has 0 heterocycles. The number of hydrogen-bond acceptors (Lipinski definition) is 4. The number of aryl methyl sites for hydroxylation is 2. The van der Waals surface area contributed by atoms with Crippen LogP contribution in [0.25, 0.3) is 0 Å². The molecule has 1 aromatic rings. The minimum atomic E-state index is -3.59. The van der Waals surface area contributed by atoms with E-state index in [1.165, 1.54) is 44.9 Å². The van der Waals surface area contributed by atoms with Crippen LogP contribution in [-0.4, -0.2) is 32.8 Å².